The number of carbonyl (C=O) groups is 1. The Kier molecular flexibility index (Phi) is 5.31. The third kappa shape index (κ3) is 3.46. The van der Waals surface area contributed by atoms with E-state index >= 15 is 0 Å². The highest BCUT2D eigenvalue weighted by Crippen LogP contribution is 2.19. The van der Waals surface area contributed by atoms with Crippen LogP contribution in [0.3, 0.4) is 0 Å². The fourth-order valence-electron chi connectivity index (χ4n) is 2.50. The van der Waals surface area contributed by atoms with Crippen LogP contribution in [0.1, 0.15) is 23.2 Å². The number of nitrogens with zero attached hydrogens (tertiary/aromatic N) is 2. The van der Waals surface area contributed by atoms with Crippen molar-refractivity contribution in [1.82, 2.24) is 10.3 Å². The molecule has 1 saturated heterocycles. The number of rotatable bonds is 6. The molecule has 20 heavy (non-hydrogen) atoms. The van der Waals surface area contributed by atoms with Crippen LogP contribution in [-0.4, -0.2) is 55.5 Å². The third-order valence-electron chi connectivity index (χ3n) is 3.46. The molecule has 2 heterocycles. The molecule has 6 nitrogen and oxygen atoms in total. The van der Waals surface area contributed by atoms with E-state index in [9.17, 15) is 9.90 Å². The number of hydrogen-bond donors (Lipinski definition) is 2. The van der Waals surface area contributed by atoms with Gasteiger partial charge in [0.05, 0.1) is 13.7 Å². The summed E-state index contributed by atoms with van der Waals surface area (Å²) in [5, 5.41) is 12.7. The van der Waals surface area contributed by atoms with E-state index in [1.807, 2.05) is 4.90 Å². The summed E-state index contributed by atoms with van der Waals surface area (Å²) in [5.74, 6) is 0.164. The minimum absolute atomic E-state index is 0.0178. The van der Waals surface area contributed by atoms with E-state index in [1.54, 1.807) is 18.3 Å². The lowest BCUT2D eigenvalue weighted by Crippen LogP contribution is -2.40. The van der Waals surface area contributed by atoms with Gasteiger partial charge in [-0.2, -0.15) is 0 Å². The van der Waals surface area contributed by atoms with Gasteiger partial charge < -0.3 is 20.1 Å². The second-order valence-electron chi connectivity index (χ2n) is 4.83. The predicted molar refractivity (Wildman–Crippen MR) is 75.9 cm³/mol. The van der Waals surface area contributed by atoms with Crippen molar-refractivity contribution in [2.45, 2.75) is 18.9 Å². The number of aliphatic hydroxyl groups is 1. The molecule has 0 spiro atoms. The smallest absolute Gasteiger partial charge is 0.341 e. The summed E-state index contributed by atoms with van der Waals surface area (Å²) in [7, 11) is 1.36. The summed E-state index contributed by atoms with van der Waals surface area (Å²) in [6.45, 7) is 2.20. The van der Waals surface area contributed by atoms with Crippen LogP contribution in [0, 0.1) is 0 Å². The average molecular weight is 279 g/mol. The monoisotopic (exact) mass is 279 g/mol. The summed E-state index contributed by atoms with van der Waals surface area (Å²) in [5.41, 5.74) is 0.432. The zero-order chi connectivity index (χ0) is 14.4. The van der Waals surface area contributed by atoms with Gasteiger partial charge in [-0.25, -0.2) is 9.78 Å². The summed E-state index contributed by atoms with van der Waals surface area (Å²) in [6, 6.07) is 3.77. The molecule has 1 aliphatic rings. The zero-order valence-electron chi connectivity index (χ0n) is 11.7. The molecule has 1 aromatic heterocycles. The van der Waals surface area contributed by atoms with Crippen LogP contribution in [0.4, 0.5) is 5.82 Å². The first-order valence-electron chi connectivity index (χ1n) is 6.88. The molecule has 1 unspecified atom stereocenters. The van der Waals surface area contributed by atoms with Crippen LogP contribution in [0.2, 0.25) is 0 Å². The van der Waals surface area contributed by atoms with Crippen LogP contribution < -0.4 is 10.2 Å². The first kappa shape index (κ1) is 14.7. The molecule has 6 heteroatoms. The summed E-state index contributed by atoms with van der Waals surface area (Å²) in [6.07, 6.45) is 3.90. The van der Waals surface area contributed by atoms with E-state index in [4.69, 9.17) is 4.74 Å². The Hall–Kier alpha value is -1.66. The molecule has 0 amide bonds. The maximum Gasteiger partial charge on any atom is 0.341 e. The first-order valence-corrected chi connectivity index (χ1v) is 6.88. The number of aliphatic hydroxyl groups excluding tert-OH is 1. The molecule has 2 rings (SSSR count). The highest BCUT2D eigenvalue weighted by molar-refractivity contribution is 5.94. The topological polar surface area (TPSA) is 74.7 Å². The van der Waals surface area contributed by atoms with Crippen molar-refractivity contribution in [3.8, 4) is 0 Å². The van der Waals surface area contributed by atoms with Gasteiger partial charge in [-0.1, -0.05) is 0 Å². The SMILES string of the molecule is COC(=O)c1cccnc1N(CCO)CC1CCCN1. The number of hydrogen-bond acceptors (Lipinski definition) is 6. The lowest BCUT2D eigenvalue weighted by molar-refractivity contribution is 0.0601. The molecule has 1 fully saturated rings. The fourth-order valence-corrected chi connectivity index (χ4v) is 2.50. The highest BCUT2D eigenvalue weighted by Gasteiger charge is 2.22. The molecule has 1 aliphatic heterocycles. The first-order chi connectivity index (χ1) is 9.76. The van der Waals surface area contributed by atoms with Gasteiger partial charge in [0.2, 0.25) is 0 Å². The standard InChI is InChI=1S/C14H21N3O3/c1-20-14(19)12-5-3-7-16-13(12)17(8-9-18)10-11-4-2-6-15-11/h3,5,7,11,15,18H,2,4,6,8-10H2,1H3. The lowest BCUT2D eigenvalue weighted by Gasteiger charge is -2.27. The number of carbonyl (C=O) groups excluding carboxylic acids is 1. The molecular weight excluding hydrogens is 258 g/mol. The Labute approximate surface area is 118 Å². The minimum atomic E-state index is -0.407. The van der Waals surface area contributed by atoms with Gasteiger partial charge in [0, 0.05) is 25.3 Å². The van der Waals surface area contributed by atoms with Crippen LogP contribution in [0.25, 0.3) is 0 Å². The maximum atomic E-state index is 11.8. The predicted octanol–water partition coefficient (Wildman–Crippen LogP) is 0.419. The number of nitrogens with one attached hydrogen (secondary N) is 1. The number of anilines is 1. The van der Waals surface area contributed by atoms with Gasteiger partial charge in [0.25, 0.3) is 0 Å². The minimum Gasteiger partial charge on any atom is -0.465 e. The Balaban J connectivity index is 2.21. The Morgan fingerprint density at radius 3 is 3.15 bits per heavy atom. The quantitative estimate of drug-likeness (QED) is 0.735. The highest BCUT2D eigenvalue weighted by atomic mass is 16.5. The lowest BCUT2D eigenvalue weighted by atomic mass is 10.2. The molecule has 1 aromatic rings. The van der Waals surface area contributed by atoms with E-state index < -0.39 is 5.97 Å². The van der Waals surface area contributed by atoms with E-state index in [0.29, 0.717) is 24.0 Å². The fraction of sp³-hybridized carbons (Fsp3) is 0.571. The average Bonchev–Trinajstić information content (AvgIpc) is 2.99. The zero-order valence-corrected chi connectivity index (χ0v) is 11.7. The Morgan fingerprint density at radius 2 is 2.50 bits per heavy atom. The van der Waals surface area contributed by atoms with Crippen LogP contribution in [0.5, 0.6) is 0 Å². The summed E-state index contributed by atoms with van der Waals surface area (Å²) < 4.78 is 4.79. The van der Waals surface area contributed by atoms with Crippen molar-refractivity contribution >= 4 is 11.8 Å². The van der Waals surface area contributed by atoms with Crippen LogP contribution in [0.15, 0.2) is 18.3 Å². The second-order valence-corrected chi connectivity index (χ2v) is 4.83. The van der Waals surface area contributed by atoms with Gasteiger partial charge in [0.15, 0.2) is 0 Å². The maximum absolute atomic E-state index is 11.8. The van der Waals surface area contributed by atoms with E-state index in [1.165, 1.54) is 7.11 Å². The second kappa shape index (κ2) is 7.21. The normalized spacial score (nSPS) is 18.0. The molecular formula is C14H21N3O3. The van der Waals surface area contributed by atoms with Crippen molar-refractivity contribution in [2.75, 3.05) is 38.3 Å². The number of esters is 1. The van der Waals surface area contributed by atoms with Crippen LogP contribution in [-0.2, 0) is 4.74 Å². The van der Waals surface area contributed by atoms with E-state index in [-0.39, 0.29) is 6.61 Å². The number of aromatic nitrogens is 1. The van der Waals surface area contributed by atoms with E-state index in [2.05, 4.69) is 10.3 Å². The Morgan fingerprint density at radius 1 is 1.65 bits per heavy atom. The largest absolute Gasteiger partial charge is 0.465 e. The summed E-state index contributed by atoms with van der Waals surface area (Å²) >= 11 is 0. The van der Waals surface area contributed by atoms with Crippen molar-refractivity contribution in [3.05, 3.63) is 23.9 Å². The van der Waals surface area contributed by atoms with E-state index in [0.717, 1.165) is 25.9 Å². The molecule has 0 aliphatic carbocycles. The molecule has 0 aromatic carbocycles. The summed E-state index contributed by atoms with van der Waals surface area (Å²) in [4.78, 5) is 18.0. The third-order valence-corrected chi connectivity index (χ3v) is 3.46. The van der Waals surface area contributed by atoms with Gasteiger partial charge in [-0.3, -0.25) is 0 Å². The molecule has 1 atom stereocenters. The van der Waals surface area contributed by atoms with Crippen molar-refractivity contribution in [1.29, 1.82) is 0 Å². The molecule has 0 saturated carbocycles. The molecule has 110 valence electrons. The number of methoxy groups -OCH3 is 1. The molecule has 0 radical (unpaired) electrons. The van der Waals surface area contributed by atoms with Crippen LogP contribution >= 0.6 is 0 Å². The molecule has 0 bridgehead atoms. The van der Waals surface area contributed by atoms with Crippen molar-refractivity contribution in [2.24, 2.45) is 0 Å². The van der Waals surface area contributed by atoms with Crippen molar-refractivity contribution < 1.29 is 14.6 Å². The van der Waals surface area contributed by atoms with Gasteiger partial charge in [-0.15, -0.1) is 0 Å². The molecule has 2 N–H and O–H groups in total. The Bertz CT molecular complexity index is 447. The van der Waals surface area contributed by atoms with Gasteiger partial charge >= 0.3 is 5.97 Å². The number of pyridine rings is 1. The van der Waals surface area contributed by atoms with Gasteiger partial charge in [-0.05, 0) is 31.5 Å². The van der Waals surface area contributed by atoms with Crippen molar-refractivity contribution in [3.63, 3.8) is 0 Å². The number of ether oxygens (including phenoxy) is 1. The van der Waals surface area contributed by atoms with Gasteiger partial charge in [0.1, 0.15) is 11.4 Å².